The molecule has 0 radical (unpaired) electrons. The largest absolute Gasteiger partial charge is 0.459 e. The van der Waals surface area contributed by atoms with Gasteiger partial charge in [0.25, 0.3) is 5.91 Å². The predicted octanol–water partition coefficient (Wildman–Crippen LogP) is 2.37. The second kappa shape index (κ2) is 4.46. The predicted molar refractivity (Wildman–Crippen MR) is 72.7 cm³/mol. The molecule has 3 rings (SSSR count). The zero-order valence-electron chi connectivity index (χ0n) is 10.8. The van der Waals surface area contributed by atoms with Gasteiger partial charge in [-0.05, 0) is 42.7 Å². The second-order valence-corrected chi connectivity index (χ2v) is 4.94. The summed E-state index contributed by atoms with van der Waals surface area (Å²) in [6.07, 6.45) is 2.42. The highest BCUT2D eigenvalue weighted by atomic mass is 16.3. The van der Waals surface area contributed by atoms with E-state index < -0.39 is 0 Å². The van der Waals surface area contributed by atoms with Crippen LogP contribution in [0, 0.1) is 6.92 Å². The Morgan fingerprint density at radius 3 is 2.89 bits per heavy atom. The molecule has 0 saturated carbocycles. The van der Waals surface area contributed by atoms with Gasteiger partial charge in [-0.1, -0.05) is 6.07 Å². The Labute approximate surface area is 111 Å². The molecule has 1 aromatic heterocycles. The van der Waals surface area contributed by atoms with Crippen LogP contribution in [-0.4, -0.2) is 17.4 Å². The molecule has 0 spiro atoms. The Hall–Kier alpha value is -2.23. The molecule has 1 aromatic carbocycles. The average molecular weight is 256 g/mol. The molecule has 1 aliphatic rings. The summed E-state index contributed by atoms with van der Waals surface area (Å²) < 4.78 is 5.28. The maximum atomic E-state index is 12.4. The van der Waals surface area contributed by atoms with Gasteiger partial charge in [0, 0.05) is 24.3 Å². The Morgan fingerprint density at radius 2 is 2.16 bits per heavy atom. The lowest BCUT2D eigenvalue weighted by Gasteiger charge is -2.28. The fourth-order valence-corrected chi connectivity index (χ4v) is 2.49. The van der Waals surface area contributed by atoms with Crippen molar-refractivity contribution < 1.29 is 9.21 Å². The van der Waals surface area contributed by atoms with E-state index >= 15 is 0 Å². The van der Waals surface area contributed by atoms with Crippen LogP contribution in [-0.2, 0) is 13.0 Å². The average Bonchev–Trinajstić information content (AvgIpc) is 2.83. The van der Waals surface area contributed by atoms with Crippen LogP contribution >= 0.6 is 0 Å². The summed E-state index contributed by atoms with van der Waals surface area (Å²) >= 11 is 0. The fourth-order valence-electron chi connectivity index (χ4n) is 2.49. The minimum Gasteiger partial charge on any atom is -0.459 e. The third-order valence-electron chi connectivity index (χ3n) is 3.59. The minimum absolute atomic E-state index is 0.0458. The number of carbonyl (C=O) groups excluding carboxylic acids is 1. The van der Waals surface area contributed by atoms with E-state index in [1.54, 1.807) is 6.26 Å². The first kappa shape index (κ1) is 11.8. The molecule has 2 N–H and O–H groups in total. The molecule has 0 saturated heterocycles. The molecule has 1 amide bonds. The minimum atomic E-state index is -0.0458. The van der Waals surface area contributed by atoms with Crippen LogP contribution in [0.2, 0.25) is 0 Å². The lowest BCUT2D eigenvalue weighted by Crippen LogP contribution is -2.36. The zero-order valence-corrected chi connectivity index (χ0v) is 10.8. The van der Waals surface area contributed by atoms with Crippen LogP contribution in [0.1, 0.15) is 27.2 Å². The third kappa shape index (κ3) is 2.10. The van der Waals surface area contributed by atoms with Gasteiger partial charge in [0.15, 0.2) is 5.76 Å². The van der Waals surface area contributed by atoms with Gasteiger partial charge in [0.05, 0.1) is 6.26 Å². The van der Waals surface area contributed by atoms with Gasteiger partial charge >= 0.3 is 0 Å². The van der Waals surface area contributed by atoms with E-state index in [1.165, 1.54) is 5.56 Å². The quantitative estimate of drug-likeness (QED) is 0.797. The molecular formula is C15H16N2O2. The number of anilines is 1. The molecule has 1 aliphatic heterocycles. The maximum absolute atomic E-state index is 12.4. The number of aryl methyl sites for hydroxylation is 1. The highest BCUT2D eigenvalue weighted by Gasteiger charge is 2.24. The van der Waals surface area contributed by atoms with Crippen molar-refractivity contribution in [3.8, 4) is 0 Å². The summed E-state index contributed by atoms with van der Waals surface area (Å²) in [5, 5.41) is 0. The van der Waals surface area contributed by atoms with Gasteiger partial charge in [-0.2, -0.15) is 0 Å². The van der Waals surface area contributed by atoms with Crippen molar-refractivity contribution in [2.75, 3.05) is 12.3 Å². The van der Waals surface area contributed by atoms with Crippen molar-refractivity contribution in [2.45, 2.75) is 19.9 Å². The highest BCUT2D eigenvalue weighted by Crippen LogP contribution is 2.23. The molecule has 0 aliphatic carbocycles. The number of hydrogen-bond acceptors (Lipinski definition) is 3. The van der Waals surface area contributed by atoms with Crippen molar-refractivity contribution in [2.24, 2.45) is 0 Å². The van der Waals surface area contributed by atoms with Crippen LogP contribution < -0.4 is 5.73 Å². The van der Waals surface area contributed by atoms with Crippen LogP contribution in [0.15, 0.2) is 34.9 Å². The number of amides is 1. The topological polar surface area (TPSA) is 59.5 Å². The molecule has 98 valence electrons. The molecule has 2 heterocycles. The van der Waals surface area contributed by atoms with Crippen molar-refractivity contribution in [1.29, 1.82) is 0 Å². The van der Waals surface area contributed by atoms with Crippen LogP contribution in [0.5, 0.6) is 0 Å². The number of nitrogens with two attached hydrogens (primary N) is 1. The Kier molecular flexibility index (Phi) is 2.78. The highest BCUT2D eigenvalue weighted by molar-refractivity contribution is 5.93. The van der Waals surface area contributed by atoms with Gasteiger partial charge in [-0.25, -0.2) is 0 Å². The summed E-state index contributed by atoms with van der Waals surface area (Å²) in [5.41, 5.74) is 9.82. The van der Waals surface area contributed by atoms with E-state index in [9.17, 15) is 4.79 Å². The molecule has 2 aromatic rings. The Bertz CT molecular complexity index is 631. The van der Waals surface area contributed by atoms with Crippen molar-refractivity contribution in [3.63, 3.8) is 0 Å². The first-order chi connectivity index (χ1) is 9.15. The second-order valence-electron chi connectivity index (χ2n) is 4.94. The van der Waals surface area contributed by atoms with Gasteiger partial charge in [0.1, 0.15) is 0 Å². The number of furan rings is 1. The van der Waals surface area contributed by atoms with E-state index in [4.69, 9.17) is 10.2 Å². The Balaban J connectivity index is 1.86. The van der Waals surface area contributed by atoms with Crippen molar-refractivity contribution >= 4 is 11.6 Å². The number of nitrogens with zero attached hydrogens (tertiary/aromatic N) is 1. The molecule has 0 fully saturated rings. The SMILES string of the molecule is Cc1ccoc1C(=O)N1CCc2ccc(N)cc2C1. The Morgan fingerprint density at radius 1 is 1.32 bits per heavy atom. The molecule has 0 atom stereocenters. The number of carbonyl (C=O) groups is 1. The van der Waals surface area contributed by atoms with Crippen LogP contribution in [0.25, 0.3) is 0 Å². The fraction of sp³-hybridized carbons (Fsp3) is 0.267. The van der Waals surface area contributed by atoms with Gasteiger partial charge in [-0.3, -0.25) is 4.79 Å². The van der Waals surface area contributed by atoms with Crippen LogP contribution in [0.3, 0.4) is 0 Å². The summed E-state index contributed by atoms with van der Waals surface area (Å²) in [7, 11) is 0. The van der Waals surface area contributed by atoms with E-state index in [0.29, 0.717) is 12.3 Å². The maximum Gasteiger partial charge on any atom is 0.290 e. The van der Waals surface area contributed by atoms with Gasteiger partial charge in [-0.15, -0.1) is 0 Å². The number of benzene rings is 1. The zero-order chi connectivity index (χ0) is 13.4. The van der Waals surface area contributed by atoms with E-state index in [1.807, 2.05) is 36.1 Å². The summed E-state index contributed by atoms with van der Waals surface area (Å²) in [6.45, 7) is 3.20. The normalized spacial score (nSPS) is 14.3. The lowest BCUT2D eigenvalue weighted by atomic mass is 9.99. The van der Waals surface area contributed by atoms with E-state index in [-0.39, 0.29) is 5.91 Å². The number of nitrogen functional groups attached to an aromatic ring is 1. The molecule has 0 unspecified atom stereocenters. The summed E-state index contributed by atoms with van der Waals surface area (Å²) in [5.74, 6) is 0.392. The lowest BCUT2D eigenvalue weighted by molar-refractivity contribution is 0.0701. The first-order valence-electron chi connectivity index (χ1n) is 6.36. The molecule has 0 bridgehead atoms. The van der Waals surface area contributed by atoms with Gasteiger partial charge in [0.2, 0.25) is 0 Å². The monoisotopic (exact) mass is 256 g/mol. The van der Waals surface area contributed by atoms with E-state index in [2.05, 4.69) is 0 Å². The molecule has 4 heteroatoms. The third-order valence-corrected chi connectivity index (χ3v) is 3.59. The smallest absolute Gasteiger partial charge is 0.290 e. The summed E-state index contributed by atoms with van der Waals surface area (Å²) in [6, 6.07) is 7.71. The molecule has 19 heavy (non-hydrogen) atoms. The standard InChI is InChI=1S/C15H16N2O2/c1-10-5-7-19-14(10)15(18)17-6-4-11-2-3-13(16)8-12(11)9-17/h2-3,5,7-8H,4,6,9,16H2,1H3. The number of rotatable bonds is 1. The summed E-state index contributed by atoms with van der Waals surface area (Å²) in [4.78, 5) is 14.2. The van der Waals surface area contributed by atoms with Gasteiger partial charge < -0.3 is 15.1 Å². The number of hydrogen-bond donors (Lipinski definition) is 1. The van der Waals surface area contributed by atoms with Crippen LogP contribution in [0.4, 0.5) is 5.69 Å². The molecular weight excluding hydrogens is 240 g/mol. The molecule has 4 nitrogen and oxygen atoms in total. The first-order valence-corrected chi connectivity index (χ1v) is 6.36. The van der Waals surface area contributed by atoms with Crippen molar-refractivity contribution in [3.05, 3.63) is 53.0 Å². The van der Waals surface area contributed by atoms with E-state index in [0.717, 1.165) is 29.8 Å². The van der Waals surface area contributed by atoms with Crippen molar-refractivity contribution in [1.82, 2.24) is 4.90 Å². The number of fused-ring (bicyclic) bond motifs is 1.